The van der Waals surface area contributed by atoms with Gasteiger partial charge in [-0.25, -0.2) is 4.39 Å². The molecule has 86 valence electrons. The van der Waals surface area contributed by atoms with E-state index in [2.05, 4.69) is 33.4 Å². The molecule has 0 amide bonds. The monoisotopic (exact) mass is 283 g/mol. The van der Waals surface area contributed by atoms with Crippen molar-refractivity contribution in [3.05, 3.63) is 46.2 Å². The van der Waals surface area contributed by atoms with Gasteiger partial charge in [-0.2, -0.15) is 0 Å². The fourth-order valence-corrected chi connectivity index (χ4v) is 2.32. The van der Waals surface area contributed by atoms with Crippen LogP contribution in [0.3, 0.4) is 0 Å². The molecule has 0 bridgehead atoms. The van der Waals surface area contributed by atoms with Crippen LogP contribution in [0.2, 0.25) is 0 Å². The number of benzene rings is 1. The molecule has 0 spiro atoms. The highest BCUT2D eigenvalue weighted by Crippen LogP contribution is 2.21. The summed E-state index contributed by atoms with van der Waals surface area (Å²) in [6.07, 6.45) is 7.82. The minimum absolute atomic E-state index is 0.192. The second-order valence-corrected chi connectivity index (χ2v) is 4.87. The zero-order valence-electron chi connectivity index (χ0n) is 9.05. The van der Waals surface area contributed by atoms with Gasteiger partial charge in [0.1, 0.15) is 5.82 Å². The minimum Gasteiger partial charge on any atom is -0.310 e. The Kier molecular flexibility index (Phi) is 4.13. The predicted octanol–water partition coefficient (Wildman–Crippen LogP) is 3.79. The van der Waals surface area contributed by atoms with Gasteiger partial charge in [-0.15, -0.1) is 0 Å². The Morgan fingerprint density at radius 1 is 1.38 bits per heavy atom. The first-order valence-electron chi connectivity index (χ1n) is 5.58. The maximum atomic E-state index is 13.3. The minimum atomic E-state index is -0.192. The topological polar surface area (TPSA) is 12.0 Å². The van der Waals surface area contributed by atoms with E-state index in [1.807, 2.05) is 6.07 Å². The molecular formula is C13H15BrFN. The molecular weight excluding hydrogens is 269 g/mol. The van der Waals surface area contributed by atoms with Crippen molar-refractivity contribution in [2.24, 2.45) is 0 Å². The lowest BCUT2D eigenvalue weighted by Crippen LogP contribution is -2.29. The summed E-state index contributed by atoms with van der Waals surface area (Å²) in [5, 5.41) is 3.46. The smallest absolute Gasteiger partial charge is 0.137 e. The molecule has 0 saturated heterocycles. The van der Waals surface area contributed by atoms with Gasteiger partial charge in [-0.1, -0.05) is 24.3 Å². The van der Waals surface area contributed by atoms with Crippen molar-refractivity contribution in [2.75, 3.05) is 0 Å². The summed E-state index contributed by atoms with van der Waals surface area (Å²) in [7, 11) is 0. The van der Waals surface area contributed by atoms with Crippen LogP contribution in [0.25, 0.3) is 0 Å². The Morgan fingerprint density at radius 3 is 3.00 bits per heavy atom. The molecule has 0 heterocycles. The zero-order chi connectivity index (χ0) is 11.4. The normalized spacial score (nSPS) is 20.0. The first-order valence-corrected chi connectivity index (χ1v) is 6.38. The van der Waals surface area contributed by atoms with E-state index >= 15 is 0 Å². The molecule has 2 rings (SSSR count). The number of hydrogen-bond acceptors (Lipinski definition) is 1. The van der Waals surface area contributed by atoms with Gasteiger partial charge >= 0.3 is 0 Å². The van der Waals surface area contributed by atoms with E-state index in [0.717, 1.165) is 24.9 Å². The number of rotatable bonds is 3. The van der Waals surface area contributed by atoms with Gasteiger partial charge in [0.2, 0.25) is 0 Å². The van der Waals surface area contributed by atoms with E-state index in [4.69, 9.17) is 0 Å². The van der Waals surface area contributed by atoms with Gasteiger partial charge < -0.3 is 5.32 Å². The van der Waals surface area contributed by atoms with Gasteiger partial charge in [-0.3, -0.25) is 0 Å². The highest BCUT2D eigenvalue weighted by atomic mass is 79.9. The number of halogens is 2. The van der Waals surface area contributed by atoms with Gasteiger partial charge in [0.25, 0.3) is 0 Å². The van der Waals surface area contributed by atoms with Gasteiger partial charge in [-0.05, 0) is 46.8 Å². The molecule has 1 aliphatic rings. The molecule has 1 aromatic rings. The van der Waals surface area contributed by atoms with E-state index in [-0.39, 0.29) is 5.82 Å². The first kappa shape index (κ1) is 11.8. The molecule has 16 heavy (non-hydrogen) atoms. The third kappa shape index (κ3) is 2.92. The van der Waals surface area contributed by atoms with E-state index in [1.165, 1.54) is 12.5 Å². The van der Waals surface area contributed by atoms with Crippen LogP contribution < -0.4 is 5.32 Å². The van der Waals surface area contributed by atoms with Crippen molar-refractivity contribution in [3.63, 3.8) is 0 Å². The summed E-state index contributed by atoms with van der Waals surface area (Å²) in [6, 6.07) is 5.69. The molecule has 0 fully saturated rings. The molecule has 3 heteroatoms. The Hall–Kier alpha value is -0.670. The quantitative estimate of drug-likeness (QED) is 0.833. The maximum absolute atomic E-state index is 13.3. The summed E-state index contributed by atoms with van der Waals surface area (Å²) >= 11 is 3.28. The first-order chi connectivity index (χ1) is 7.77. The Balaban J connectivity index is 1.94. The van der Waals surface area contributed by atoms with Crippen molar-refractivity contribution in [2.45, 2.75) is 31.8 Å². The van der Waals surface area contributed by atoms with Crippen LogP contribution in [0, 0.1) is 5.82 Å². The molecule has 0 saturated carbocycles. The Labute approximate surface area is 104 Å². The molecule has 0 radical (unpaired) electrons. The van der Waals surface area contributed by atoms with E-state index in [1.54, 1.807) is 6.07 Å². The lowest BCUT2D eigenvalue weighted by molar-refractivity contribution is 0.472. The molecule has 1 aromatic carbocycles. The Bertz CT molecular complexity index is 390. The molecule has 0 aliphatic heterocycles. The zero-order valence-corrected chi connectivity index (χ0v) is 10.6. The second-order valence-electron chi connectivity index (χ2n) is 4.08. The van der Waals surface area contributed by atoms with Crippen LogP contribution in [-0.2, 0) is 6.54 Å². The molecule has 1 atom stereocenters. The van der Waals surface area contributed by atoms with Crippen LogP contribution in [0.5, 0.6) is 0 Å². The second kappa shape index (κ2) is 5.60. The molecule has 0 aromatic heterocycles. The van der Waals surface area contributed by atoms with Crippen LogP contribution in [0.1, 0.15) is 24.8 Å². The SMILES string of the molecule is Fc1cccc(CNC2CC=CCC2)c1Br. The fourth-order valence-electron chi connectivity index (χ4n) is 1.92. The van der Waals surface area contributed by atoms with Crippen LogP contribution in [-0.4, -0.2) is 6.04 Å². The summed E-state index contributed by atoms with van der Waals surface area (Å²) in [6.45, 7) is 0.719. The summed E-state index contributed by atoms with van der Waals surface area (Å²) in [5.74, 6) is -0.192. The maximum Gasteiger partial charge on any atom is 0.137 e. The average Bonchev–Trinajstić information content (AvgIpc) is 2.32. The van der Waals surface area contributed by atoms with E-state index in [9.17, 15) is 4.39 Å². The van der Waals surface area contributed by atoms with Crippen molar-refractivity contribution in [1.82, 2.24) is 5.32 Å². The molecule has 1 nitrogen and oxygen atoms in total. The fraction of sp³-hybridized carbons (Fsp3) is 0.385. The van der Waals surface area contributed by atoms with Crippen molar-refractivity contribution in [3.8, 4) is 0 Å². The third-order valence-corrected chi connectivity index (χ3v) is 3.77. The highest BCUT2D eigenvalue weighted by Gasteiger charge is 2.10. The van der Waals surface area contributed by atoms with Crippen LogP contribution in [0.15, 0.2) is 34.8 Å². The lowest BCUT2D eigenvalue weighted by Gasteiger charge is -2.19. The van der Waals surface area contributed by atoms with Crippen molar-refractivity contribution < 1.29 is 4.39 Å². The predicted molar refractivity (Wildman–Crippen MR) is 67.7 cm³/mol. The van der Waals surface area contributed by atoms with Gasteiger partial charge in [0.15, 0.2) is 0 Å². The van der Waals surface area contributed by atoms with Crippen molar-refractivity contribution in [1.29, 1.82) is 0 Å². The van der Waals surface area contributed by atoms with Gasteiger partial charge in [0, 0.05) is 12.6 Å². The molecule has 1 N–H and O–H groups in total. The summed E-state index contributed by atoms with van der Waals surface area (Å²) < 4.78 is 13.8. The number of nitrogens with one attached hydrogen (secondary N) is 1. The molecule has 1 aliphatic carbocycles. The summed E-state index contributed by atoms with van der Waals surface area (Å²) in [5.41, 5.74) is 0.981. The number of allylic oxidation sites excluding steroid dienone is 1. The van der Waals surface area contributed by atoms with Crippen LogP contribution in [0.4, 0.5) is 4.39 Å². The van der Waals surface area contributed by atoms with Crippen molar-refractivity contribution >= 4 is 15.9 Å². The highest BCUT2D eigenvalue weighted by molar-refractivity contribution is 9.10. The average molecular weight is 284 g/mol. The largest absolute Gasteiger partial charge is 0.310 e. The Morgan fingerprint density at radius 2 is 2.25 bits per heavy atom. The van der Waals surface area contributed by atoms with E-state index in [0.29, 0.717) is 10.5 Å². The van der Waals surface area contributed by atoms with E-state index < -0.39 is 0 Å². The van der Waals surface area contributed by atoms with Crippen LogP contribution >= 0.6 is 15.9 Å². The molecule has 1 unspecified atom stereocenters. The lowest BCUT2D eigenvalue weighted by atomic mass is 10.0. The van der Waals surface area contributed by atoms with Gasteiger partial charge in [0.05, 0.1) is 4.47 Å². The third-order valence-electron chi connectivity index (χ3n) is 2.88. The summed E-state index contributed by atoms with van der Waals surface area (Å²) in [4.78, 5) is 0. The number of hydrogen-bond donors (Lipinski definition) is 1. The standard InChI is InChI=1S/C13H15BrFN/c14-13-10(5-4-8-12(13)15)9-16-11-6-2-1-3-7-11/h1-2,4-5,8,11,16H,3,6-7,9H2.